The van der Waals surface area contributed by atoms with Crippen LogP contribution in [-0.4, -0.2) is 42.0 Å². The number of carbonyl (C=O) groups is 3. The van der Waals surface area contributed by atoms with Crippen molar-refractivity contribution in [1.82, 2.24) is 10.3 Å². The van der Waals surface area contributed by atoms with Crippen molar-refractivity contribution in [3.63, 3.8) is 0 Å². The number of amides is 1. The van der Waals surface area contributed by atoms with Crippen molar-refractivity contribution in [1.29, 1.82) is 0 Å². The highest BCUT2D eigenvalue weighted by molar-refractivity contribution is 5.91. The Morgan fingerprint density at radius 2 is 1.77 bits per heavy atom. The van der Waals surface area contributed by atoms with Crippen LogP contribution in [0, 0.1) is 0 Å². The summed E-state index contributed by atoms with van der Waals surface area (Å²) in [5.41, 5.74) is 8.47. The normalized spacial score (nSPS) is 12.7. The summed E-state index contributed by atoms with van der Waals surface area (Å²) in [6.07, 6.45) is 1.70. The van der Waals surface area contributed by atoms with Crippen molar-refractivity contribution in [2.45, 2.75) is 31.5 Å². The SMILES string of the molecule is COC(=O)[C@H](Cc1c[nH]c2ccccc12)NC(=O)[C@@H](N)CC(=O)OCc1ccccc1. The number of nitrogens with one attached hydrogen (secondary N) is 2. The summed E-state index contributed by atoms with van der Waals surface area (Å²) >= 11 is 0. The third-order valence-corrected chi connectivity index (χ3v) is 4.87. The minimum Gasteiger partial charge on any atom is -0.467 e. The van der Waals surface area contributed by atoms with Gasteiger partial charge in [-0.15, -0.1) is 0 Å². The van der Waals surface area contributed by atoms with Crippen LogP contribution in [0.25, 0.3) is 10.9 Å². The smallest absolute Gasteiger partial charge is 0.328 e. The van der Waals surface area contributed by atoms with Gasteiger partial charge in [-0.1, -0.05) is 48.5 Å². The van der Waals surface area contributed by atoms with Gasteiger partial charge in [-0.05, 0) is 17.2 Å². The Bertz CT molecular complexity index is 1050. The fraction of sp³-hybridized carbons (Fsp3) is 0.261. The van der Waals surface area contributed by atoms with E-state index in [1.165, 1.54) is 7.11 Å². The van der Waals surface area contributed by atoms with Gasteiger partial charge in [0.15, 0.2) is 0 Å². The van der Waals surface area contributed by atoms with Gasteiger partial charge in [0.25, 0.3) is 0 Å². The van der Waals surface area contributed by atoms with Gasteiger partial charge in [-0.2, -0.15) is 0 Å². The van der Waals surface area contributed by atoms with Crippen molar-refractivity contribution in [2.24, 2.45) is 5.73 Å². The first-order chi connectivity index (χ1) is 15.0. The average Bonchev–Trinajstić information content (AvgIpc) is 3.20. The molecule has 4 N–H and O–H groups in total. The molecular formula is C23H25N3O5. The van der Waals surface area contributed by atoms with Gasteiger partial charge in [0.1, 0.15) is 12.6 Å². The molecular weight excluding hydrogens is 398 g/mol. The maximum Gasteiger partial charge on any atom is 0.328 e. The van der Waals surface area contributed by atoms with E-state index in [9.17, 15) is 14.4 Å². The lowest BCUT2D eigenvalue weighted by Crippen LogP contribution is -2.50. The zero-order valence-electron chi connectivity index (χ0n) is 17.2. The highest BCUT2D eigenvalue weighted by Crippen LogP contribution is 2.19. The van der Waals surface area contributed by atoms with E-state index in [2.05, 4.69) is 10.3 Å². The molecule has 0 saturated carbocycles. The fourth-order valence-corrected chi connectivity index (χ4v) is 3.20. The standard InChI is InChI=1S/C23H25N3O5/c1-30-23(29)20(11-16-13-25-19-10-6-5-9-17(16)19)26-22(28)18(24)12-21(27)31-14-15-7-3-2-4-8-15/h2-10,13,18,20,25H,11-12,14,24H2,1H3,(H,26,28)/t18-,20-/m0/s1. The van der Waals surface area contributed by atoms with Gasteiger partial charge in [0.2, 0.25) is 5.91 Å². The molecule has 2 aromatic carbocycles. The van der Waals surface area contributed by atoms with E-state index in [1.54, 1.807) is 6.20 Å². The van der Waals surface area contributed by atoms with Crippen LogP contribution >= 0.6 is 0 Å². The molecule has 0 spiro atoms. The molecule has 3 rings (SSSR count). The number of esters is 2. The number of methoxy groups -OCH3 is 1. The summed E-state index contributed by atoms with van der Waals surface area (Å²) in [5, 5.41) is 3.53. The largest absolute Gasteiger partial charge is 0.467 e. The number of ether oxygens (including phenoxy) is 2. The molecule has 0 unspecified atom stereocenters. The number of aromatic amines is 1. The number of carbonyl (C=O) groups excluding carboxylic acids is 3. The van der Waals surface area contributed by atoms with E-state index in [0.29, 0.717) is 0 Å². The predicted molar refractivity (Wildman–Crippen MR) is 115 cm³/mol. The Balaban J connectivity index is 1.58. The molecule has 0 radical (unpaired) electrons. The Labute approximate surface area is 179 Å². The highest BCUT2D eigenvalue weighted by atomic mass is 16.5. The minimum atomic E-state index is -1.15. The molecule has 0 aliphatic heterocycles. The molecule has 0 aliphatic rings. The molecule has 8 nitrogen and oxygen atoms in total. The molecule has 0 aliphatic carbocycles. The van der Waals surface area contributed by atoms with Crippen molar-refractivity contribution in [3.05, 3.63) is 71.9 Å². The van der Waals surface area contributed by atoms with Gasteiger partial charge in [0, 0.05) is 23.5 Å². The summed E-state index contributed by atoms with van der Waals surface area (Å²) < 4.78 is 9.99. The van der Waals surface area contributed by atoms with Crippen molar-refractivity contribution in [2.75, 3.05) is 7.11 Å². The van der Waals surface area contributed by atoms with E-state index in [4.69, 9.17) is 15.2 Å². The molecule has 31 heavy (non-hydrogen) atoms. The average molecular weight is 423 g/mol. The predicted octanol–water partition coefficient (Wildman–Crippen LogP) is 1.83. The van der Waals surface area contributed by atoms with Crippen LogP contribution in [0.2, 0.25) is 0 Å². The Kier molecular flexibility index (Phi) is 7.40. The zero-order chi connectivity index (χ0) is 22.2. The van der Waals surface area contributed by atoms with E-state index in [0.717, 1.165) is 22.0 Å². The van der Waals surface area contributed by atoms with Crippen LogP contribution in [0.15, 0.2) is 60.8 Å². The molecule has 0 saturated heterocycles. The quantitative estimate of drug-likeness (QED) is 0.451. The first kappa shape index (κ1) is 22.0. The number of hydrogen-bond donors (Lipinski definition) is 3. The number of H-pyrrole nitrogens is 1. The number of nitrogens with two attached hydrogens (primary N) is 1. The Hall–Kier alpha value is -3.65. The number of benzene rings is 2. The number of hydrogen-bond acceptors (Lipinski definition) is 6. The zero-order valence-corrected chi connectivity index (χ0v) is 17.2. The number of rotatable bonds is 9. The molecule has 3 aromatic rings. The lowest BCUT2D eigenvalue weighted by molar-refractivity contribution is -0.147. The van der Waals surface area contributed by atoms with Crippen LogP contribution in [-0.2, 0) is 36.9 Å². The highest BCUT2D eigenvalue weighted by Gasteiger charge is 2.27. The van der Waals surface area contributed by atoms with Crippen molar-refractivity contribution >= 4 is 28.7 Å². The van der Waals surface area contributed by atoms with Gasteiger partial charge < -0.3 is 25.5 Å². The van der Waals surface area contributed by atoms with E-state index in [-0.39, 0.29) is 19.4 Å². The Morgan fingerprint density at radius 3 is 2.52 bits per heavy atom. The second kappa shape index (κ2) is 10.4. The molecule has 8 heteroatoms. The number of fused-ring (bicyclic) bond motifs is 1. The van der Waals surface area contributed by atoms with Gasteiger partial charge >= 0.3 is 11.9 Å². The van der Waals surface area contributed by atoms with Gasteiger partial charge in [-0.25, -0.2) is 4.79 Å². The van der Waals surface area contributed by atoms with Gasteiger partial charge in [-0.3, -0.25) is 9.59 Å². The maximum absolute atomic E-state index is 12.5. The topological polar surface area (TPSA) is 124 Å². The van der Waals surface area contributed by atoms with Crippen LogP contribution in [0.5, 0.6) is 0 Å². The lowest BCUT2D eigenvalue weighted by atomic mass is 10.0. The summed E-state index contributed by atoms with van der Waals surface area (Å²) in [6, 6.07) is 14.7. The van der Waals surface area contributed by atoms with E-state index >= 15 is 0 Å². The van der Waals surface area contributed by atoms with Gasteiger partial charge in [0.05, 0.1) is 19.6 Å². The van der Waals surface area contributed by atoms with Crippen molar-refractivity contribution in [3.8, 4) is 0 Å². The first-order valence-corrected chi connectivity index (χ1v) is 9.86. The molecule has 2 atom stereocenters. The summed E-state index contributed by atoms with van der Waals surface area (Å²) in [4.78, 5) is 39.9. The molecule has 1 aromatic heterocycles. The fourth-order valence-electron chi connectivity index (χ4n) is 3.20. The van der Waals surface area contributed by atoms with Crippen LogP contribution in [0.4, 0.5) is 0 Å². The second-order valence-corrected chi connectivity index (χ2v) is 7.10. The first-order valence-electron chi connectivity index (χ1n) is 9.86. The summed E-state index contributed by atoms with van der Waals surface area (Å²) in [6.45, 7) is 0.0966. The molecule has 1 amide bonds. The third kappa shape index (κ3) is 5.93. The summed E-state index contributed by atoms with van der Waals surface area (Å²) in [7, 11) is 1.25. The molecule has 1 heterocycles. The minimum absolute atomic E-state index is 0.0966. The Morgan fingerprint density at radius 1 is 1.06 bits per heavy atom. The molecule has 0 bridgehead atoms. The van der Waals surface area contributed by atoms with Crippen molar-refractivity contribution < 1.29 is 23.9 Å². The number of aromatic nitrogens is 1. The van der Waals surface area contributed by atoms with Crippen LogP contribution in [0.1, 0.15) is 17.5 Å². The number of para-hydroxylation sites is 1. The summed E-state index contributed by atoms with van der Waals surface area (Å²) in [5.74, 6) is -1.83. The molecule has 0 fully saturated rings. The van der Waals surface area contributed by atoms with E-state index in [1.807, 2.05) is 54.6 Å². The third-order valence-electron chi connectivity index (χ3n) is 4.87. The second-order valence-electron chi connectivity index (χ2n) is 7.10. The van der Waals surface area contributed by atoms with Crippen LogP contribution in [0.3, 0.4) is 0 Å². The van der Waals surface area contributed by atoms with E-state index < -0.39 is 29.9 Å². The monoisotopic (exact) mass is 423 g/mol. The van der Waals surface area contributed by atoms with Crippen LogP contribution < -0.4 is 11.1 Å². The lowest BCUT2D eigenvalue weighted by Gasteiger charge is -2.19. The maximum atomic E-state index is 12.5. The molecule has 162 valence electrons.